The zero-order chi connectivity index (χ0) is 16.8. The highest BCUT2D eigenvalue weighted by atomic mass is 16.5. The van der Waals surface area contributed by atoms with E-state index in [4.69, 9.17) is 4.74 Å². The molecule has 0 aliphatic heterocycles. The molecule has 6 nitrogen and oxygen atoms in total. The molecule has 2 N–H and O–H groups in total. The van der Waals surface area contributed by atoms with Crippen molar-refractivity contribution in [3.63, 3.8) is 0 Å². The van der Waals surface area contributed by atoms with Gasteiger partial charge < -0.3 is 15.4 Å². The van der Waals surface area contributed by atoms with Crippen molar-refractivity contribution in [3.8, 4) is 5.75 Å². The molecule has 0 aliphatic carbocycles. The molecule has 2 aromatic rings. The second-order valence-electron chi connectivity index (χ2n) is 5.63. The number of carbonyl (C=O) groups excluding carboxylic acids is 1. The molecule has 0 saturated heterocycles. The molecule has 0 saturated carbocycles. The first-order chi connectivity index (χ1) is 11.0. The molecule has 0 aliphatic rings. The summed E-state index contributed by atoms with van der Waals surface area (Å²) in [6, 6.07) is 9.23. The van der Waals surface area contributed by atoms with E-state index in [0.29, 0.717) is 6.54 Å². The number of rotatable bonds is 6. The molecule has 0 radical (unpaired) electrons. The number of hydrogen-bond acceptors (Lipinski definition) is 3. The van der Waals surface area contributed by atoms with E-state index in [-0.39, 0.29) is 18.2 Å². The SMILES string of the molecule is Cc1c(CNC(=O)N[C@@H](C)[C@@H](C)Oc2ccccc2)cnn1C. The summed E-state index contributed by atoms with van der Waals surface area (Å²) in [4.78, 5) is 12.0. The molecule has 0 fully saturated rings. The fraction of sp³-hybridized carbons (Fsp3) is 0.412. The Labute approximate surface area is 136 Å². The van der Waals surface area contributed by atoms with Gasteiger partial charge in [0.25, 0.3) is 0 Å². The van der Waals surface area contributed by atoms with Crippen LogP contribution >= 0.6 is 0 Å². The smallest absolute Gasteiger partial charge is 0.315 e. The minimum atomic E-state index is -0.218. The van der Waals surface area contributed by atoms with E-state index in [1.807, 2.05) is 58.2 Å². The molecular formula is C17H24N4O2. The van der Waals surface area contributed by atoms with Crippen molar-refractivity contribution in [1.82, 2.24) is 20.4 Å². The van der Waals surface area contributed by atoms with E-state index < -0.39 is 0 Å². The topological polar surface area (TPSA) is 68.2 Å². The number of benzene rings is 1. The van der Waals surface area contributed by atoms with Gasteiger partial charge in [-0.3, -0.25) is 4.68 Å². The minimum absolute atomic E-state index is 0.120. The third-order valence-electron chi connectivity index (χ3n) is 3.90. The molecule has 0 bridgehead atoms. The van der Waals surface area contributed by atoms with Crippen LogP contribution in [0.2, 0.25) is 0 Å². The zero-order valence-electron chi connectivity index (χ0n) is 14.0. The summed E-state index contributed by atoms with van der Waals surface area (Å²) in [7, 11) is 1.88. The van der Waals surface area contributed by atoms with Gasteiger partial charge in [0.2, 0.25) is 0 Å². The van der Waals surface area contributed by atoms with Crippen LogP contribution < -0.4 is 15.4 Å². The Balaban J connectivity index is 1.78. The molecule has 1 aromatic heterocycles. The Bertz CT molecular complexity index is 639. The van der Waals surface area contributed by atoms with Crippen LogP contribution in [0.3, 0.4) is 0 Å². The van der Waals surface area contributed by atoms with Gasteiger partial charge in [-0.25, -0.2) is 4.79 Å². The predicted octanol–water partition coefficient (Wildman–Crippen LogP) is 2.38. The largest absolute Gasteiger partial charge is 0.489 e. The quantitative estimate of drug-likeness (QED) is 0.860. The lowest BCUT2D eigenvalue weighted by Crippen LogP contribution is -2.46. The van der Waals surface area contributed by atoms with Crippen LogP contribution in [0.15, 0.2) is 36.5 Å². The van der Waals surface area contributed by atoms with Crippen molar-refractivity contribution in [3.05, 3.63) is 47.8 Å². The van der Waals surface area contributed by atoms with Gasteiger partial charge in [0, 0.05) is 24.8 Å². The number of hydrogen-bond donors (Lipinski definition) is 2. The fourth-order valence-electron chi connectivity index (χ4n) is 2.08. The molecule has 2 amide bonds. The minimum Gasteiger partial charge on any atom is -0.489 e. The van der Waals surface area contributed by atoms with Crippen LogP contribution in [-0.2, 0) is 13.6 Å². The average Bonchev–Trinajstić information content (AvgIpc) is 2.85. The van der Waals surface area contributed by atoms with Crippen molar-refractivity contribution in [2.24, 2.45) is 7.05 Å². The van der Waals surface area contributed by atoms with E-state index in [1.54, 1.807) is 10.9 Å². The van der Waals surface area contributed by atoms with Gasteiger partial charge in [-0.1, -0.05) is 18.2 Å². The Hall–Kier alpha value is -2.50. The molecule has 2 rings (SSSR count). The van der Waals surface area contributed by atoms with Crippen LogP contribution in [0.1, 0.15) is 25.1 Å². The first-order valence-corrected chi connectivity index (χ1v) is 7.71. The number of urea groups is 1. The molecule has 6 heteroatoms. The first kappa shape index (κ1) is 16.9. The summed E-state index contributed by atoms with van der Waals surface area (Å²) in [5, 5.41) is 9.89. The van der Waals surface area contributed by atoms with Crippen molar-refractivity contribution in [2.45, 2.75) is 39.5 Å². The summed E-state index contributed by atoms with van der Waals surface area (Å²) in [5.41, 5.74) is 2.04. The third-order valence-corrected chi connectivity index (χ3v) is 3.90. The Kier molecular flexibility index (Phi) is 5.62. The highest BCUT2D eigenvalue weighted by Crippen LogP contribution is 2.12. The molecule has 2 atom stereocenters. The number of carbonyl (C=O) groups is 1. The average molecular weight is 316 g/mol. The van der Waals surface area contributed by atoms with Crippen molar-refractivity contribution in [1.29, 1.82) is 0 Å². The third kappa shape index (κ3) is 4.74. The highest BCUT2D eigenvalue weighted by Gasteiger charge is 2.16. The number of aromatic nitrogens is 2. The van der Waals surface area contributed by atoms with E-state index in [9.17, 15) is 4.79 Å². The summed E-state index contributed by atoms with van der Waals surface area (Å²) >= 11 is 0. The second-order valence-corrected chi connectivity index (χ2v) is 5.63. The zero-order valence-corrected chi connectivity index (χ0v) is 14.0. The highest BCUT2D eigenvalue weighted by molar-refractivity contribution is 5.74. The maximum Gasteiger partial charge on any atom is 0.315 e. The van der Waals surface area contributed by atoms with Crippen LogP contribution in [0.4, 0.5) is 4.79 Å². The number of para-hydroxylation sites is 1. The van der Waals surface area contributed by atoms with Crippen LogP contribution in [0.5, 0.6) is 5.75 Å². The molecule has 23 heavy (non-hydrogen) atoms. The van der Waals surface area contributed by atoms with Gasteiger partial charge in [0.1, 0.15) is 11.9 Å². The Morgan fingerprint density at radius 1 is 1.30 bits per heavy atom. The number of amides is 2. The van der Waals surface area contributed by atoms with Gasteiger partial charge in [-0.15, -0.1) is 0 Å². The second kappa shape index (κ2) is 7.67. The molecule has 1 aromatic carbocycles. The standard InChI is InChI=1S/C17H24N4O2/c1-12(14(3)23-16-8-6-5-7-9-16)20-17(22)18-10-15-11-19-21(4)13(15)2/h5-9,11-12,14H,10H2,1-4H3,(H2,18,20,22)/t12-,14+/m0/s1. The van der Waals surface area contributed by atoms with E-state index >= 15 is 0 Å². The number of nitrogens with one attached hydrogen (secondary N) is 2. The van der Waals surface area contributed by atoms with E-state index in [2.05, 4.69) is 15.7 Å². The summed E-state index contributed by atoms with van der Waals surface area (Å²) in [6.45, 7) is 6.28. The lowest BCUT2D eigenvalue weighted by molar-refractivity contribution is 0.175. The van der Waals surface area contributed by atoms with Crippen molar-refractivity contribution < 1.29 is 9.53 Å². The Morgan fingerprint density at radius 3 is 2.61 bits per heavy atom. The lowest BCUT2D eigenvalue weighted by Gasteiger charge is -2.22. The summed E-state index contributed by atoms with van der Waals surface area (Å²) in [6.07, 6.45) is 1.63. The van der Waals surface area contributed by atoms with E-state index in [1.165, 1.54) is 0 Å². The van der Waals surface area contributed by atoms with Crippen LogP contribution in [0, 0.1) is 6.92 Å². The van der Waals surface area contributed by atoms with Crippen LogP contribution in [0.25, 0.3) is 0 Å². The van der Waals surface area contributed by atoms with Crippen molar-refractivity contribution >= 4 is 6.03 Å². The molecule has 0 spiro atoms. The monoisotopic (exact) mass is 316 g/mol. The number of ether oxygens (including phenoxy) is 1. The van der Waals surface area contributed by atoms with Gasteiger partial charge in [-0.05, 0) is 32.9 Å². The Morgan fingerprint density at radius 2 is 2.00 bits per heavy atom. The summed E-state index contributed by atoms with van der Waals surface area (Å²) < 4.78 is 7.59. The maximum atomic E-state index is 12.0. The van der Waals surface area contributed by atoms with Gasteiger partial charge >= 0.3 is 6.03 Å². The number of aryl methyl sites for hydroxylation is 1. The van der Waals surface area contributed by atoms with Gasteiger partial charge in [0.15, 0.2) is 0 Å². The van der Waals surface area contributed by atoms with E-state index in [0.717, 1.165) is 17.0 Å². The number of nitrogens with zero attached hydrogens (tertiary/aromatic N) is 2. The maximum absolute atomic E-state index is 12.0. The predicted molar refractivity (Wildman–Crippen MR) is 89.3 cm³/mol. The van der Waals surface area contributed by atoms with Gasteiger partial charge in [-0.2, -0.15) is 5.10 Å². The normalized spacial score (nSPS) is 13.2. The van der Waals surface area contributed by atoms with Crippen molar-refractivity contribution in [2.75, 3.05) is 0 Å². The molecule has 0 unspecified atom stereocenters. The molecular weight excluding hydrogens is 292 g/mol. The summed E-state index contributed by atoms with van der Waals surface area (Å²) in [5.74, 6) is 0.792. The first-order valence-electron chi connectivity index (χ1n) is 7.71. The molecule has 1 heterocycles. The lowest BCUT2D eigenvalue weighted by atomic mass is 10.2. The van der Waals surface area contributed by atoms with Crippen LogP contribution in [-0.4, -0.2) is 28.0 Å². The molecule has 124 valence electrons. The van der Waals surface area contributed by atoms with Gasteiger partial charge in [0.05, 0.1) is 12.2 Å². The fourth-order valence-corrected chi connectivity index (χ4v) is 2.08.